The first-order valence-corrected chi connectivity index (χ1v) is 4.95. The number of thiol groups is 1. The van der Waals surface area contributed by atoms with Gasteiger partial charge in [-0.05, 0) is 12.3 Å². The van der Waals surface area contributed by atoms with Crippen molar-refractivity contribution in [1.82, 2.24) is 5.32 Å². The fourth-order valence-electron chi connectivity index (χ4n) is 0.638. The van der Waals surface area contributed by atoms with Gasteiger partial charge in [-0.15, -0.1) is 0 Å². The second-order valence-corrected chi connectivity index (χ2v) is 1.92. The highest BCUT2D eigenvalue weighted by molar-refractivity contribution is 7.79. The van der Waals surface area contributed by atoms with Crippen molar-refractivity contribution in [3.05, 3.63) is 11.8 Å². The van der Waals surface area contributed by atoms with E-state index in [1.807, 2.05) is 13.8 Å². The second kappa shape index (κ2) is 8.31. The molecular weight excluding hydrogens is 196 g/mol. The van der Waals surface area contributed by atoms with Crippen molar-refractivity contribution in [2.75, 3.05) is 19.3 Å². The van der Waals surface area contributed by atoms with Crippen LogP contribution in [-0.2, 0) is 0 Å². The van der Waals surface area contributed by atoms with E-state index < -0.39 is 18.2 Å². The number of nitrogens with one attached hydrogen (secondary N) is 1. The first-order valence-electron chi connectivity index (χ1n) is 4.06. The normalized spacial score (nSPS) is 18.5. The number of aliphatic hydroxyl groups excluding tert-OH is 1. The first-order chi connectivity index (χ1) is 6.13. The summed E-state index contributed by atoms with van der Waals surface area (Å²) in [4.78, 5) is 0. The molecule has 0 aromatic carbocycles. The molecule has 0 amide bonds. The van der Waals surface area contributed by atoms with E-state index in [-0.39, 0.29) is 0 Å². The van der Waals surface area contributed by atoms with Crippen LogP contribution in [0.2, 0.25) is 0 Å². The van der Waals surface area contributed by atoms with Crippen LogP contribution in [0.15, 0.2) is 11.8 Å². The van der Waals surface area contributed by atoms with E-state index in [1.54, 1.807) is 6.26 Å². The van der Waals surface area contributed by atoms with Crippen molar-refractivity contribution >= 4 is 12.6 Å². The number of hydrogen-bond acceptors (Lipinski definition) is 3. The Hall–Kier alpha value is -0.290. The summed E-state index contributed by atoms with van der Waals surface area (Å²) in [5.74, 6) is -3.88. The molecule has 0 unspecified atom stereocenters. The van der Waals surface area contributed by atoms with Crippen LogP contribution in [0.4, 0.5) is 8.78 Å². The summed E-state index contributed by atoms with van der Waals surface area (Å²) in [6.45, 7) is 3.86. The molecule has 1 rings (SSSR count). The topological polar surface area (TPSA) is 32.3 Å². The van der Waals surface area contributed by atoms with Gasteiger partial charge in [0.05, 0.1) is 6.54 Å². The minimum absolute atomic E-state index is 0.321. The van der Waals surface area contributed by atoms with Crippen LogP contribution in [0.25, 0.3) is 0 Å². The van der Waals surface area contributed by atoms with Crippen LogP contribution >= 0.6 is 12.6 Å². The predicted octanol–water partition coefficient (Wildman–Crippen LogP) is 2.24. The highest BCUT2D eigenvalue weighted by Crippen LogP contribution is 2.22. The maximum atomic E-state index is 12.2. The molecule has 5 heteroatoms. The molecule has 2 N–H and O–H groups in total. The quantitative estimate of drug-likeness (QED) is 0.539. The Morgan fingerprint density at radius 2 is 1.92 bits per heavy atom. The molecule has 0 aromatic rings. The van der Waals surface area contributed by atoms with Crippen LogP contribution in [0.1, 0.15) is 13.8 Å². The van der Waals surface area contributed by atoms with Gasteiger partial charge in [-0.3, -0.25) is 0 Å². The van der Waals surface area contributed by atoms with Gasteiger partial charge in [0.25, 0.3) is 0 Å². The molecule has 0 aromatic heterocycles. The molecule has 0 aliphatic carbocycles. The van der Waals surface area contributed by atoms with Crippen molar-refractivity contribution in [3.63, 3.8) is 0 Å². The number of aliphatic hydroxyl groups is 1. The lowest BCUT2D eigenvalue weighted by atomic mass is 10.2. The third-order valence-electron chi connectivity index (χ3n) is 1.16. The Morgan fingerprint density at radius 1 is 1.46 bits per heavy atom. The van der Waals surface area contributed by atoms with Gasteiger partial charge in [0, 0.05) is 6.54 Å². The Labute approximate surface area is 83.4 Å². The molecule has 0 atom stereocenters. The first kappa shape index (κ1) is 15.2. The number of halogens is 2. The van der Waals surface area contributed by atoms with Gasteiger partial charge in [0.1, 0.15) is 0 Å². The van der Waals surface area contributed by atoms with Gasteiger partial charge in [0.2, 0.25) is 0 Å². The van der Waals surface area contributed by atoms with Crippen LogP contribution in [0, 0.1) is 0 Å². The highest BCUT2D eigenvalue weighted by Gasteiger charge is 2.35. The largest absolute Gasteiger partial charge is 0.506 e. The summed E-state index contributed by atoms with van der Waals surface area (Å²) in [5, 5.41) is 10.9. The zero-order valence-corrected chi connectivity index (χ0v) is 9.04. The van der Waals surface area contributed by atoms with E-state index in [0.29, 0.717) is 6.54 Å². The van der Waals surface area contributed by atoms with Crippen molar-refractivity contribution < 1.29 is 13.9 Å². The third kappa shape index (κ3) is 5.87. The zero-order chi connectivity index (χ0) is 10.9. The van der Waals surface area contributed by atoms with Crippen LogP contribution in [0.5, 0.6) is 0 Å². The summed E-state index contributed by atoms with van der Waals surface area (Å²) in [5.41, 5.74) is 0. The molecule has 1 aliphatic heterocycles. The van der Waals surface area contributed by atoms with Gasteiger partial charge in [-0.2, -0.15) is 21.4 Å². The van der Waals surface area contributed by atoms with Crippen molar-refractivity contribution in [2.24, 2.45) is 0 Å². The SMILES string of the molecule is CC.CS.OC1=CCNCC1(F)F. The highest BCUT2D eigenvalue weighted by atomic mass is 32.1. The average molecular weight is 213 g/mol. The molecule has 0 spiro atoms. The van der Waals surface area contributed by atoms with Gasteiger partial charge in [-0.25, -0.2) is 0 Å². The lowest BCUT2D eigenvalue weighted by Gasteiger charge is -2.19. The summed E-state index contributed by atoms with van der Waals surface area (Å²) >= 11 is 3.53. The summed E-state index contributed by atoms with van der Waals surface area (Å²) in [7, 11) is 0. The third-order valence-corrected chi connectivity index (χ3v) is 1.16. The minimum Gasteiger partial charge on any atom is -0.506 e. The summed E-state index contributed by atoms with van der Waals surface area (Å²) in [6.07, 6.45) is 2.77. The molecule has 0 radical (unpaired) electrons. The summed E-state index contributed by atoms with van der Waals surface area (Å²) < 4.78 is 24.4. The van der Waals surface area contributed by atoms with E-state index >= 15 is 0 Å². The van der Waals surface area contributed by atoms with Crippen molar-refractivity contribution in [2.45, 2.75) is 19.8 Å². The molecule has 80 valence electrons. The lowest BCUT2D eigenvalue weighted by molar-refractivity contribution is -0.00442. The molecule has 0 fully saturated rings. The maximum absolute atomic E-state index is 12.2. The van der Waals surface area contributed by atoms with E-state index in [1.165, 1.54) is 0 Å². The maximum Gasteiger partial charge on any atom is 0.315 e. The molecule has 0 bridgehead atoms. The number of alkyl halides is 2. The molecule has 0 saturated carbocycles. The second-order valence-electron chi connectivity index (χ2n) is 1.92. The summed E-state index contributed by atoms with van der Waals surface area (Å²) in [6, 6.07) is 0. The van der Waals surface area contributed by atoms with E-state index in [4.69, 9.17) is 5.11 Å². The average Bonchev–Trinajstić information content (AvgIpc) is 2.17. The Morgan fingerprint density at radius 3 is 2.15 bits per heavy atom. The molecular formula is C8H17F2NOS. The van der Waals surface area contributed by atoms with E-state index in [9.17, 15) is 8.78 Å². The molecule has 13 heavy (non-hydrogen) atoms. The van der Waals surface area contributed by atoms with Crippen LogP contribution in [-0.4, -0.2) is 30.4 Å². The number of hydrogen-bond donors (Lipinski definition) is 3. The Kier molecular flexibility index (Phi) is 9.72. The fraction of sp³-hybridized carbons (Fsp3) is 0.750. The predicted molar refractivity (Wildman–Crippen MR) is 54.8 cm³/mol. The van der Waals surface area contributed by atoms with E-state index in [0.717, 1.165) is 6.08 Å². The van der Waals surface area contributed by atoms with E-state index in [2.05, 4.69) is 17.9 Å². The van der Waals surface area contributed by atoms with Crippen LogP contribution in [0.3, 0.4) is 0 Å². The monoisotopic (exact) mass is 213 g/mol. The molecule has 1 heterocycles. The zero-order valence-electron chi connectivity index (χ0n) is 8.14. The standard InChI is InChI=1S/C5H7F2NO.C2H6.CH4S/c6-5(7)3-8-2-1-4(5)9;2*1-2/h1,8-9H,2-3H2;1-2H3;2H,1H3. The molecule has 1 aliphatic rings. The van der Waals surface area contributed by atoms with Gasteiger partial charge in [0.15, 0.2) is 5.76 Å². The van der Waals surface area contributed by atoms with Crippen LogP contribution < -0.4 is 5.32 Å². The Bertz CT molecular complexity index is 151. The lowest BCUT2D eigenvalue weighted by Crippen LogP contribution is -2.38. The smallest absolute Gasteiger partial charge is 0.315 e. The Balaban J connectivity index is 0. The minimum atomic E-state index is -3.06. The van der Waals surface area contributed by atoms with Gasteiger partial charge < -0.3 is 10.4 Å². The van der Waals surface area contributed by atoms with Crippen molar-refractivity contribution in [1.29, 1.82) is 0 Å². The fourth-order valence-corrected chi connectivity index (χ4v) is 0.638. The van der Waals surface area contributed by atoms with Gasteiger partial charge >= 0.3 is 5.92 Å². The van der Waals surface area contributed by atoms with Crippen molar-refractivity contribution in [3.8, 4) is 0 Å². The molecule has 2 nitrogen and oxygen atoms in total. The van der Waals surface area contributed by atoms with Gasteiger partial charge in [-0.1, -0.05) is 13.8 Å². The molecule has 0 saturated heterocycles. The number of rotatable bonds is 0.